The van der Waals surface area contributed by atoms with E-state index in [1.807, 2.05) is 18.2 Å². The second-order valence-electron chi connectivity index (χ2n) is 4.08. The minimum absolute atomic E-state index is 0.196. The highest BCUT2D eigenvalue weighted by Crippen LogP contribution is 2.04. The molecule has 1 aromatic carbocycles. The third-order valence-corrected chi connectivity index (χ3v) is 2.89. The van der Waals surface area contributed by atoms with Gasteiger partial charge in [0.25, 0.3) is 0 Å². The predicted molar refractivity (Wildman–Crippen MR) is 78.6 cm³/mol. The van der Waals surface area contributed by atoms with Crippen molar-refractivity contribution >= 4 is 22.9 Å². The van der Waals surface area contributed by atoms with E-state index in [0.717, 1.165) is 12.8 Å². The summed E-state index contributed by atoms with van der Waals surface area (Å²) in [5.74, 6) is -0.531. The fourth-order valence-corrected chi connectivity index (χ4v) is 1.86. The molecular formula is C14H17N3S. The zero-order valence-electron chi connectivity index (χ0n) is 10.5. The van der Waals surface area contributed by atoms with Crippen LogP contribution in [-0.2, 0) is 6.42 Å². The summed E-state index contributed by atoms with van der Waals surface area (Å²) in [7, 11) is 0. The van der Waals surface area contributed by atoms with Crippen LogP contribution in [0, 0.1) is 17.2 Å². The van der Waals surface area contributed by atoms with Crippen molar-refractivity contribution in [3.63, 3.8) is 0 Å². The van der Waals surface area contributed by atoms with Crippen molar-refractivity contribution in [3.8, 4) is 6.07 Å². The molecule has 3 nitrogen and oxygen atoms in total. The highest BCUT2D eigenvalue weighted by molar-refractivity contribution is 7.80. The lowest BCUT2D eigenvalue weighted by Crippen LogP contribution is -2.26. The van der Waals surface area contributed by atoms with Gasteiger partial charge in [-0.1, -0.05) is 42.5 Å². The maximum atomic E-state index is 8.90. The topological polar surface area (TPSA) is 62.2 Å². The molecule has 0 saturated carbocycles. The third-order valence-electron chi connectivity index (χ3n) is 2.66. The summed E-state index contributed by atoms with van der Waals surface area (Å²) in [6, 6.07) is 12.3. The first kappa shape index (κ1) is 14.3. The van der Waals surface area contributed by atoms with Crippen molar-refractivity contribution in [3.05, 3.63) is 35.9 Å². The molecule has 0 amide bonds. The number of aliphatic imine (C=N–C) groups is 1. The molecule has 1 rings (SSSR count). The van der Waals surface area contributed by atoms with Crippen molar-refractivity contribution in [1.29, 1.82) is 5.26 Å². The van der Waals surface area contributed by atoms with Crippen LogP contribution >= 0.6 is 12.2 Å². The molecule has 1 aromatic rings. The van der Waals surface area contributed by atoms with E-state index in [2.05, 4.69) is 23.2 Å². The summed E-state index contributed by atoms with van der Waals surface area (Å²) in [6.07, 6.45) is 1.94. The third kappa shape index (κ3) is 4.64. The largest absolute Gasteiger partial charge is 0.392 e. The zero-order chi connectivity index (χ0) is 13.4. The van der Waals surface area contributed by atoms with Crippen LogP contribution in [0.2, 0.25) is 0 Å². The molecule has 0 spiro atoms. The molecule has 0 aromatic heterocycles. The van der Waals surface area contributed by atoms with Crippen LogP contribution in [0.3, 0.4) is 0 Å². The molecule has 1 unspecified atom stereocenters. The van der Waals surface area contributed by atoms with Gasteiger partial charge in [0.2, 0.25) is 0 Å². The van der Waals surface area contributed by atoms with Gasteiger partial charge in [0, 0.05) is 12.3 Å². The number of hydrogen-bond acceptors (Lipinski definition) is 3. The quantitative estimate of drug-likeness (QED) is 0.485. The van der Waals surface area contributed by atoms with E-state index < -0.39 is 5.92 Å². The molecule has 0 aliphatic rings. The summed E-state index contributed by atoms with van der Waals surface area (Å²) >= 11 is 4.82. The second kappa shape index (κ2) is 7.57. The summed E-state index contributed by atoms with van der Waals surface area (Å²) in [5.41, 5.74) is 7.48. The molecule has 1 atom stereocenters. The number of nitrogens with two attached hydrogens (primary N) is 1. The Balaban J connectivity index is 2.41. The zero-order valence-corrected chi connectivity index (χ0v) is 11.3. The number of thiocarbonyl (C=S) groups is 1. The standard InChI is InChI=1S/C14H17N3S/c1-11(13(10-15)14(16)18)17-9-5-8-12-6-3-2-4-7-12/h2-4,6-7,13H,5,8-9H2,1H3,(H2,16,18). The van der Waals surface area contributed by atoms with Gasteiger partial charge in [-0.25, -0.2) is 0 Å². The lowest BCUT2D eigenvalue weighted by molar-refractivity contribution is 0.829. The first-order chi connectivity index (χ1) is 8.65. The Labute approximate surface area is 113 Å². The van der Waals surface area contributed by atoms with Gasteiger partial charge in [0.05, 0.1) is 11.1 Å². The van der Waals surface area contributed by atoms with Gasteiger partial charge < -0.3 is 5.73 Å². The molecule has 18 heavy (non-hydrogen) atoms. The number of hydrogen-bond donors (Lipinski definition) is 1. The van der Waals surface area contributed by atoms with E-state index in [9.17, 15) is 0 Å². The van der Waals surface area contributed by atoms with Gasteiger partial charge in [-0.05, 0) is 25.3 Å². The molecule has 0 saturated heterocycles. The van der Waals surface area contributed by atoms with Gasteiger partial charge in [-0.2, -0.15) is 5.26 Å². The van der Waals surface area contributed by atoms with E-state index in [-0.39, 0.29) is 4.99 Å². The normalized spacial score (nSPS) is 12.8. The van der Waals surface area contributed by atoms with Crippen molar-refractivity contribution in [1.82, 2.24) is 0 Å². The molecule has 2 N–H and O–H groups in total. The fraction of sp³-hybridized carbons (Fsp3) is 0.357. The summed E-state index contributed by atoms with van der Waals surface area (Å²) in [5, 5.41) is 8.90. The molecular weight excluding hydrogens is 242 g/mol. The highest BCUT2D eigenvalue weighted by Gasteiger charge is 2.13. The van der Waals surface area contributed by atoms with Crippen LogP contribution in [0.5, 0.6) is 0 Å². The Bertz CT molecular complexity index is 460. The van der Waals surface area contributed by atoms with E-state index in [1.54, 1.807) is 6.92 Å². The number of nitriles is 1. The van der Waals surface area contributed by atoms with E-state index in [1.165, 1.54) is 5.56 Å². The number of benzene rings is 1. The average molecular weight is 259 g/mol. The van der Waals surface area contributed by atoms with E-state index >= 15 is 0 Å². The molecule has 0 heterocycles. The summed E-state index contributed by atoms with van der Waals surface area (Å²) in [6.45, 7) is 2.50. The lowest BCUT2D eigenvalue weighted by atomic mass is 10.1. The number of nitrogens with zero attached hydrogens (tertiary/aromatic N) is 2. The van der Waals surface area contributed by atoms with Gasteiger partial charge in [0.15, 0.2) is 0 Å². The molecule has 0 aliphatic carbocycles. The second-order valence-corrected chi connectivity index (χ2v) is 4.55. The maximum absolute atomic E-state index is 8.90. The van der Waals surface area contributed by atoms with Gasteiger partial charge >= 0.3 is 0 Å². The Morgan fingerprint density at radius 1 is 1.44 bits per heavy atom. The Hall–Kier alpha value is -1.73. The summed E-state index contributed by atoms with van der Waals surface area (Å²) < 4.78 is 0. The van der Waals surface area contributed by atoms with Crippen LogP contribution in [0.1, 0.15) is 18.9 Å². The van der Waals surface area contributed by atoms with E-state index in [0.29, 0.717) is 12.3 Å². The van der Waals surface area contributed by atoms with Crippen LogP contribution < -0.4 is 5.73 Å². The van der Waals surface area contributed by atoms with Crippen molar-refractivity contribution < 1.29 is 0 Å². The van der Waals surface area contributed by atoms with Crippen molar-refractivity contribution in [2.45, 2.75) is 19.8 Å². The van der Waals surface area contributed by atoms with Crippen LogP contribution in [0.25, 0.3) is 0 Å². The van der Waals surface area contributed by atoms with Crippen LogP contribution in [0.4, 0.5) is 0 Å². The smallest absolute Gasteiger partial charge is 0.133 e. The van der Waals surface area contributed by atoms with Crippen LogP contribution in [-0.4, -0.2) is 17.2 Å². The SMILES string of the molecule is CC(=NCCCc1ccccc1)C(C#N)C(N)=S. The maximum Gasteiger partial charge on any atom is 0.133 e. The Kier molecular flexibility index (Phi) is 6.03. The molecule has 0 aliphatic heterocycles. The monoisotopic (exact) mass is 259 g/mol. The lowest BCUT2D eigenvalue weighted by Gasteiger charge is -2.06. The van der Waals surface area contributed by atoms with Crippen molar-refractivity contribution in [2.24, 2.45) is 16.6 Å². The fourth-order valence-electron chi connectivity index (χ4n) is 1.64. The molecule has 94 valence electrons. The minimum atomic E-state index is -0.531. The van der Waals surface area contributed by atoms with Gasteiger partial charge in [-0.15, -0.1) is 0 Å². The van der Waals surface area contributed by atoms with Gasteiger partial charge in [0.1, 0.15) is 5.92 Å². The predicted octanol–water partition coefficient (Wildman–Crippen LogP) is 2.51. The minimum Gasteiger partial charge on any atom is -0.392 e. The number of rotatable bonds is 6. The average Bonchev–Trinajstić information content (AvgIpc) is 2.36. The molecule has 0 fully saturated rings. The Morgan fingerprint density at radius 3 is 2.67 bits per heavy atom. The van der Waals surface area contributed by atoms with Crippen LogP contribution in [0.15, 0.2) is 35.3 Å². The highest BCUT2D eigenvalue weighted by atomic mass is 32.1. The first-order valence-electron chi connectivity index (χ1n) is 5.89. The molecule has 4 heteroatoms. The summed E-state index contributed by atoms with van der Waals surface area (Å²) in [4.78, 5) is 4.55. The van der Waals surface area contributed by atoms with Gasteiger partial charge in [-0.3, -0.25) is 4.99 Å². The van der Waals surface area contributed by atoms with Crippen molar-refractivity contribution in [2.75, 3.05) is 6.54 Å². The Morgan fingerprint density at radius 2 is 2.11 bits per heavy atom. The number of aryl methyl sites for hydroxylation is 1. The molecule has 0 bridgehead atoms. The van der Waals surface area contributed by atoms with E-state index in [4.69, 9.17) is 23.2 Å². The molecule has 0 radical (unpaired) electrons. The first-order valence-corrected chi connectivity index (χ1v) is 6.29.